The number of esters is 2. The van der Waals surface area contributed by atoms with Crippen molar-refractivity contribution in [3.63, 3.8) is 0 Å². The van der Waals surface area contributed by atoms with Crippen LogP contribution < -0.4 is 0 Å². The molecule has 2 aliphatic rings. The Morgan fingerprint density at radius 3 is 1.20 bits per heavy atom. The van der Waals surface area contributed by atoms with Crippen molar-refractivity contribution in [2.45, 2.75) is 83.2 Å². The number of aliphatic carboxylic acids is 2. The molecule has 0 amide bonds. The van der Waals surface area contributed by atoms with Gasteiger partial charge in [-0.25, -0.2) is 19.2 Å². The lowest BCUT2D eigenvalue weighted by Crippen LogP contribution is -2.47. The number of phenols is 2. The Hall–Kier alpha value is -5.80. The maximum absolute atomic E-state index is 12.0. The number of hydrogen-bond donors (Lipinski definition) is 6. The van der Waals surface area contributed by atoms with Crippen LogP contribution in [-0.2, 0) is 30.3 Å². The van der Waals surface area contributed by atoms with E-state index >= 15 is 0 Å². The summed E-state index contributed by atoms with van der Waals surface area (Å²) in [5.41, 5.74) is 0.0929. The summed E-state index contributed by atoms with van der Waals surface area (Å²) in [7, 11) is 8.18. The largest absolute Gasteiger partial charge is 0.508 e. The Morgan fingerprint density at radius 2 is 0.908 bits per heavy atom. The molecule has 14 heteroatoms. The highest BCUT2D eigenvalue weighted by Gasteiger charge is 2.47. The molecule has 8 unspecified atom stereocenters. The van der Waals surface area contributed by atoms with Crippen molar-refractivity contribution in [3.05, 3.63) is 131 Å². The second kappa shape index (κ2) is 24.5. The number of carbonyl (C=O) groups excluding carboxylic acids is 2. The van der Waals surface area contributed by atoms with E-state index in [0.29, 0.717) is 0 Å². The van der Waals surface area contributed by atoms with Gasteiger partial charge in [-0.1, -0.05) is 94.8 Å². The standard InChI is InChI=1S/C18H14O8.2C16H25NO2.CH4/c19-15(20)13(25-17(23)11-7-3-1-4-8-11)14(16(21)22)26-18(24)12-9-5-2-6-10-12;2*1-12-6-4-8-14(11-17(2)3)16(12,19)13-7-5-9-15(18)10-13;/h1-10,13-14H,(H,19,20)(H,21,22);2*5,7,9-10,12,14,18-19H,4,6,8,11H2,1-3H3;1H4. The van der Waals surface area contributed by atoms with Crippen LogP contribution in [0.5, 0.6) is 11.5 Å². The lowest BCUT2D eigenvalue weighted by atomic mass is 9.65. The molecule has 2 saturated carbocycles. The highest BCUT2D eigenvalue weighted by molar-refractivity contribution is 5.95. The van der Waals surface area contributed by atoms with Crippen molar-refractivity contribution in [3.8, 4) is 11.5 Å². The molecule has 6 N–H and O–H groups in total. The van der Waals surface area contributed by atoms with Gasteiger partial charge < -0.3 is 49.9 Å². The van der Waals surface area contributed by atoms with Crippen LogP contribution in [0.15, 0.2) is 109 Å². The molecule has 0 heterocycles. The zero-order chi connectivity index (χ0) is 47.2. The number of aromatic hydroxyl groups is 2. The summed E-state index contributed by atoms with van der Waals surface area (Å²) in [5, 5.41) is 60.5. The van der Waals surface area contributed by atoms with E-state index in [2.05, 4.69) is 23.6 Å². The molecule has 0 radical (unpaired) electrons. The fourth-order valence-corrected chi connectivity index (χ4v) is 8.92. The summed E-state index contributed by atoms with van der Waals surface area (Å²) in [4.78, 5) is 51.1. The number of rotatable bonds is 13. The minimum absolute atomic E-state index is 0. The lowest BCUT2D eigenvalue weighted by molar-refractivity contribution is -0.166. The van der Waals surface area contributed by atoms with Crippen LogP contribution in [0.25, 0.3) is 0 Å². The first-order valence-electron chi connectivity index (χ1n) is 21.6. The molecule has 0 saturated heterocycles. The predicted octanol–water partition coefficient (Wildman–Crippen LogP) is 7.40. The number of carboxylic acids is 2. The Kier molecular flexibility index (Phi) is 20.2. The number of hydrogen-bond acceptors (Lipinski definition) is 12. The highest BCUT2D eigenvalue weighted by Crippen LogP contribution is 2.47. The smallest absolute Gasteiger partial charge is 0.349 e. The second-order valence-electron chi connectivity index (χ2n) is 17.4. The Labute approximate surface area is 383 Å². The number of benzene rings is 4. The van der Waals surface area contributed by atoms with Crippen molar-refractivity contribution in [1.29, 1.82) is 0 Å². The van der Waals surface area contributed by atoms with Crippen LogP contribution in [-0.4, -0.2) is 118 Å². The Balaban J connectivity index is 0.000000262. The van der Waals surface area contributed by atoms with Crippen LogP contribution in [0.3, 0.4) is 0 Å². The van der Waals surface area contributed by atoms with Crippen molar-refractivity contribution in [2.24, 2.45) is 23.7 Å². The first kappa shape index (κ1) is 53.5. The molecule has 8 atom stereocenters. The minimum atomic E-state index is -2.21. The van der Waals surface area contributed by atoms with Gasteiger partial charge in [0.25, 0.3) is 0 Å². The van der Waals surface area contributed by atoms with Gasteiger partial charge >= 0.3 is 23.9 Å². The van der Waals surface area contributed by atoms with Gasteiger partial charge in [0, 0.05) is 24.9 Å². The number of carboxylic acid groups (broad SMARTS) is 2. The average Bonchev–Trinajstić information content (AvgIpc) is 3.26. The maximum Gasteiger partial charge on any atom is 0.349 e. The molecule has 0 spiro atoms. The first-order chi connectivity index (χ1) is 30.3. The average molecular weight is 901 g/mol. The van der Waals surface area contributed by atoms with E-state index < -0.39 is 47.3 Å². The van der Waals surface area contributed by atoms with Crippen LogP contribution in [0.2, 0.25) is 0 Å². The van der Waals surface area contributed by atoms with E-state index in [1.165, 1.54) is 61.4 Å². The summed E-state index contributed by atoms with van der Waals surface area (Å²) in [6, 6.07) is 29.1. The van der Waals surface area contributed by atoms with Gasteiger partial charge in [0.1, 0.15) is 11.5 Å². The second-order valence-corrected chi connectivity index (χ2v) is 17.4. The monoisotopic (exact) mass is 900 g/mol. The SMILES string of the molecule is C.CC1CCCC(CN(C)C)C1(O)c1cccc(O)c1.CC1CCCC(CN(C)C)C1(O)c1cccc(O)c1.O=C(OC(C(=O)O)C(OC(=O)c1ccccc1)C(=O)O)c1ccccc1. The molecular weight excluding hydrogens is 833 g/mol. The normalized spacial score (nSPS) is 23.5. The van der Waals surface area contributed by atoms with Gasteiger partial charge in [-0.2, -0.15) is 0 Å². The maximum atomic E-state index is 12.0. The number of ether oxygens (including phenoxy) is 2. The molecule has 2 fully saturated rings. The van der Waals surface area contributed by atoms with Gasteiger partial charge in [-0.05, 0) is 125 Å². The zero-order valence-electron chi connectivity index (χ0n) is 37.5. The minimum Gasteiger partial charge on any atom is -0.508 e. The predicted molar refractivity (Wildman–Crippen MR) is 247 cm³/mol. The molecule has 4 aromatic carbocycles. The quantitative estimate of drug-likeness (QED) is 0.0722. The summed E-state index contributed by atoms with van der Waals surface area (Å²) in [6.07, 6.45) is 2.05. The third kappa shape index (κ3) is 14.1. The Bertz CT molecular complexity index is 1980. The first-order valence-corrected chi connectivity index (χ1v) is 21.6. The number of carbonyl (C=O) groups is 4. The number of phenolic OH excluding ortho intramolecular Hbond substituents is 2. The summed E-state index contributed by atoms with van der Waals surface area (Å²) in [6.45, 7) is 5.98. The van der Waals surface area contributed by atoms with E-state index in [-0.39, 0.29) is 53.7 Å². The molecule has 65 heavy (non-hydrogen) atoms. The third-order valence-corrected chi connectivity index (χ3v) is 12.2. The number of nitrogens with zero attached hydrogens (tertiary/aromatic N) is 2. The molecule has 4 aromatic rings. The number of aliphatic hydroxyl groups is 2. The van der Waals surface area contributed by atoms with Gasteiger partial charge in [-0.3, -0.25) is 0 Å². The van der Waals surface area contributed by atoms with Gasteiger partial charge in [0.2, 0.25) is 12.2 Å². The van der Waals surface area contributed by atoms with Gasteiger partial charge in [-0.15, -0.1) is 0 Å². The molecule has 6 rings (SSSR count). The van der Waals surface area contributed by atoms with E-state index in [4.69, 9.17) is 9.47 Å². The molecule has 2 aliphatic carbocycles. The van der Waals surface area contributed by atoms with E-state index in [1.54, 1.807) is 36.4 Å². The summed E-state index contributed by atoms with van der Waals surface area (Å²) < 4.78 is 9.52. The summed E-state index contributed by atoms with van der Waals surface area (Å²) >= 11 is 0. The van der Waals surface area contributed by atoms with E-state index in [1.807, 2.05) is 52.5 Å². The van der Waals surface area contributed by atoms with Crippen molar-refractivity contribution in [2.75, 3.05) is 41.3 Å². The lowest BCUT2D eigenvalue weighted by Gasteiger charge is -2.46. The van der Waals surface area contributed by atoms with Crippen LogP contribution in [0.4, 0.5) is 0 Å². The van der Waals surface area contributed by atoms with Crippen molar-refractivity contribution < 1.29 is 59.3 Å². The molecule has 0 bridgehead atoms. The van der Waals surface area contributed by atoms with Gasteiger partial charge in [0.05, 0.1) is 22.3 Å². The topological polar surface area (TPSA) is 215 Å². The molecule has 0 aliphatic heterocycles. The molecule has 354 valence electrons. The van der Waals surface area contributed by atoms with Crippen molar-refractivity contribution >= 4 is 23.9 Å². The zero-order valence-corrected chi connectivity index (χ0v) is 37.5. The fraction of sp³-hybridized carbons (Fsp3) is 0.451. The summed E-state index contributed by atoms with van der Waals surface area (Å²) in [5.74, 6) is -4.31. The third-order valence-electron chi connectivity index (χ3n) is 12.2. The highest BCUT2D eigenvalue weighted by atomic mass is 16.6. The van der Waals surface area contributed by atoms with E-state index in [0.717, 1.165) is 49.9 Å². The fourth-order valence-electron chi connectivity index (χ4n) is 8.92. The Morgan fingerprint density at radius 1 is 0.569 bits per heavy atom. The van der Waals surface area contributed by atoms with Crippen LogP contribution in [0, 0.1) is 23.7 Å². The molecule has 14 nitrogen and oxygen atoms in total. The van der Waals surface area contributed by atoms with Crippen molar-refractivity contribution in [1.82, 2.24) is 9.80 Å². The van der Waals surface area contributed by atoms with Crippen LogP contribution in [0.1, 0.15) is 91.6 Å². The van der Waals surface area contributed by atoms with Gasteiger partial charge in [0.15, 0.2) is 0 Å². The van der Waals surface area contributed by atoms with E-state index in [9.17, 15) is 49.8 Å². The van der Waals surface area contributed by atoms with Crippen LogP contribution >= 0.6 is 0 Å². The molecular formula is C51H68N2O12. The molecule has 0 aromatic heterocycles.